The van der Waals surface area contributed by atoms with Crippen molar-refractivity contribution in [2.24, 2.45) is 5.41 Å². The molecule has 0 amide bonds. The number of aliphatic hydroxyl groups is 1. The van der Waals surface area contributed by atoms with Crippen molar-refractivity contribution in [3.05, 3.63) is 24.0 Å². The molecule has 0 radical (unpaired) electrons. The molecule has 0 fully saturated rings. The molecule has 1 aromatic heterocycles. The standard InChI is InChI=1S/C11H19N3O/c1-3-11(2,9-15)8-12-7-10-5-4-6-13-14-10/h4-6,12,15H,3,7-9H2,1-2H3. The molecule has 4 nitrogen and oxygen atoms in total. The molecule has 0 aliphatic carbocycles. The first-order valence-corrected chi connectivity index (χ1v) is 5.28. The highest BCUT2D eigenvalue weighted by Gasteiger charge is 2.19. The molecule has 1 aromatic rings. The molecule has 0 bridgehead atoms. The van der Waals surface area contributed by atoms with E-state index >= 15 is 0 Å². The number of hydrogen-bond donors (Lipinski definition) is 2. The molecule has 0 aromatic carbocycles. The van der Waals surface area contributed by atoms with E-state index < -0.39 is 0 Å². The second-order valence-electron chi connectivity index (χ2n) is 4.14. The van der Waals surface area contributed by atoms with Crippen molar-refractivity contribution in [2.45, 2.75) is 26.8 Å². The van der Waals surface area contributed by atoms with Gasteiger partial charge in [-0.25, -0.2) is 0 Å². The molecular weight excluding hydrogens is 190 g/mol. The Morgan fingerprint density at radius 1 is 1.53 bits per heavy atom. The minimum Gasteiger partial charge on any atom is -0.396 e. The maximum absolute atomic E-state index is 9.21. The monoisotopic (exact) mass is 209 g/mol. The Labute approximate surface area is 90.7 Å². The lowest BCUT2D eigenvalue weighted by atomic mass is 9.89. The van der Waals surface area contributed by atoms with Crippen LogP contribution in [0.3, 0.4) is 0 Å². The van der Waals surface area contributed by atoms with Gasteiger partial charge in [-0.05, 0) is 18.6 Å². The number of aliphatic hydroxyl groups excluding tert-OH is 1. The van der Waals surface area contributed by atoms with Gasteiger partial charge in [0.05, 0.1) is 5.69 Å². The molecule has 0 aliphatic rings. The van der Waals surface area contributed by atoms with Crippen LogP contribution in [0.25, 0.3) is 0 Å². The molecule has 1 rings (SSSR count). The SMILES string of the molecule is CCC(C)(CO)CNCc1cccnn1. The van der Waals surface area contributed by atoms with Crippen molar-refractivity contribution in [1.29, 1.82) is 0 Å². The zero-order chi connectivity index (χ0) is 11.1. The molecule has 0 saturated heterocycles. The average molecular weight is 209 g/mol. The third kappa shape index (κ3) is 3.93. The van der Waals surface area contributed by atoms with Crippen LogP contribution in [0.4, 0.5) is 0 Å². The fourth-order valence-electron chi connectivity index (χ4n) is 1.21. The van der Waals surface area contributed by atoms with E-state index in [0.717, 1.165) is 18.7 Å². The smallest absolute Gasteiger partial charge is 0.0768 e. The lowest BCUT2D eigenvalue weighted by Crippen LogP contribution is -2.34. The van der Waals surface area contributed by atoms with Crippen LogP contribution >= 0.6 is 0 Å². The zero-order valence-corrected chi connectivity index (χ0v) is 9.40. The molecule has 1 atom stereocenters. The van der Waals surface area contributed by atoms with Crippen LogP contribution in [-0.2, 0) is 6.54 Å². The van der Waals surface area contributed by atoms with E-state index in [-0.39, 0.29) is 12.0 Å². The molecule has 0 spiro atoms. The Bertz CT molecular complexity index is 272. The number of aromatic nitrogens is 2. The third-order valence-corrected chi connectivity index (χ3v) is 2.72. The fourth-order valence-corrected chi connectivity index (χ4v) is 1.21. The maximum Gasteiger partial charge on any atom is 0.0768 e. The average Bonchev–Trinajstić information content (AvgIpc) is 2.30. The summed E-state index contributed by atoms with van der Waals surface area (Å²) in [5.41, 5.74) is 0.885. The number of rotatable bonds is 6. The summed E-state index contributed by atoms with van der Waals surface area (Å²) in [6.45, 7) is 5.84. The van der Waals surface area contributed by atoms with E-state index in [9.17, 15) is 5.11 Å². The first kappa shape index (κ1) is 12.1. The van der Waals surface area contributed by atoms with Crippen LogP contribution in [0.2, 0.25) is 0 Å². The summed E-state index contributed by atoms with van der Waals surface area (Å²) in [5.74, 6) is 0. The number of nitrogens with zero attached hydrogens (tertiary/aromatic N) is 2. The predicted octanol–water partition coefficient (Wildman–Crippen LogP) is 0.975. The molecule has 0 aliphatic heterocycles. The van der Waals surface area contributed by atoms with Crippen LogP contribution in [-0.4, -0.2) is 28.5 Å². The predicted molar refractivity (Wildman–Crippen MR) is 59.2 cm³/mol. The van der Waals surface area contributed by atoms with E-state index in [0.29, 0.717) is 6.54 Å². The lowest BCUT2D eigenvalue weighted by molar-refractivity contribution is 0.135. The highest BCUT2D eigenvalue weighted by atomic mass is 16.3. The summed E-state index contributed by atoms with van der Waals surface area (Å²) < 4.78 is 0. The van der Waals surface area contributed by atoms with Gasteiger partial charge in [-0.1, -0.05) is 13.8 Å². The van der Waals surface area contributed by atoms with E-state index in [1.807, 2.05) is 12.1 Å². The van der Waals surface area contributed by atoms with Gasteiger partial charge in [0, 0.05) is 31.3 Å². The fraction of sp³-hybridized carbons (Fsp3) is 0.636. The summed E-state index contributed by atoms with van der Waals surface area (Å²) >= 11 is 0. The van der Waals surface area contributed by atoms with E-state index in [1.165, 1.54) is 0 Å². The number of hydrogen-bond acceptors (Lipinski definition) is 4. The number of nitrogens with one attached hydrogen (secondary N) is 1. The minimum atomic E-state index is -0.0395. The lowest BCUT2D eigenvalue weighted by Gasteiger charge is -2.25. The molecule has 1 unspecified atom stereocenters. The first-order chi connectivity index (χ1) is 7.20. The second-order valence-corrected chi connectivity index (χ2v) is 4.14. The Morgan fingerprint density at radius 2 is 2.33 bits per heavy atom. The van der Waals surface area contributed by atoms with E-state index in [4.69, 9.17) is 0 Å². The molecule has 0 saturated carbocycles. The van der Waals surface area contributed by atoms with Crippen molar-refractivity contribution in [3.8, 4) is 0 Å². The van der Waals surface area contributed by atoms with Gasteiger partial charge in [0.25, 0.3) is 0 Å². The Balaban J connectivity index is 2.33. The maximum atomic E-state index is 9.21. The van der Waals surface area contributed by atoms with Gasteiger partial charge in [0.1, 0.15) is 0 Å². The third-order valence-electron chi connectivity index (χ3n) is 2.72. The van der Waals surface area contributed by atoms with Gasteiger partial charge in [-0.2, -0.15) is 10.2 Å². The van der Waals surface area contributed by atoms with E-state index in [2.05, 4.69) is 29.4 Å². The summed E-state index contributed by atoms with van der Waals surface area (Å²) in [6.07, 6.45) is 2.62. The van der Waals surface area contributed by atoms with Crippen molar-refractivity contribution in [2.75, 3.05) is 13.2 Å². The molecule has 4 heteroatoms. The van der Waals surface area contributed by atoms with Gasteiger partial charge >= 0.3 is 0 Å². The van der Waals surface area contributed by atoms with Crippen LogP contribution in [0.1, 0.15) is 26.0 Å². The largest absolute Gasteiger partial charge is 0.396 e. The Kier molecular flexibility index (Phi) is 4.65. The van der Waals surface area contributed by atoms with Gasteiger partial charge in [-0.15, -0.1) is 0 Å². The van der Waals surface area contributed by atoms with Crippen molar-refractivity contribution < 1.29 is 5.11 Å². The van der Waals surface area contributed by atoms with Gasteiger partial charge in [0.2, 0.25) is 0 Å². The molecule has 15 heavy (non-hydrogen) atoms. The normalized spacial score (nSPS) is 14.9. The van der Waals surface area contributed by atoms with Crippen molar-refractivity contribution >= 4 is 0 Å². The van der Waals surface area contributed by atoms with Crippen molar-refractivity contribution in [3.63, 3.8) is 0 Å². The summed E-state index contributed by atoms with van der Waals surface area (Å²) in [5, 5.41) is 20.3. The first-order valence-electron chi connectivity index (χ1n) is 5.28. The quantitative estimate of drug-likeness (QED) is 0.733. The molecular formula is C11H19N3O. The molecule has 1 heterocycles. The molecule has 2 N–H and O–H groups in total. The van der Waals surface area contributed by atoms with Gasteiger partial charge in [0.15, 0.2) is 0 Å². The van der Waals surface area contributed by atoms with Gasteiger partial charge < -0.3 is 10.4 Å². The zero-order valence-electron chi connectivity index (χ0n) is 9.40. The van der Waals surface area contributed by atoms with Crippen molar-refractivity contribution in [1.82, 2.24) is 15.5 Å². The summed E-state index contributed by atoms with van der Waals surface area (Å²) in [7, 11) is 0. The summed E-state index contributed by atoms with van der Waals surface area (Å²) in [6, 6.07) is 3.80. The minimum absolute atomic E-state index is 0.0395. The van der Waals surface area contributed by atoms with Crippen LogP contribution in [0, 0.1) is 5.41 Å². The van der Waals surface area contributed by atoms with Crippen LogP contribution in [0.15, 0.2) is 18.3 Å². The highest BCUT2D eigenvalue weighted by molar-refractivity contribution is 4.98. The topological polar surface area (TPSA) is 58.0 Å². The summed E-state index contributed by atoms with van der Waals surface area (Å²) in [4.78, 5) is 0. The Hall–Kier alpha value is -1.00. The molecule has 84 valence electrons. The Morgan fingerprint density at radius 3 is 2.87 bits per heavy atom. The highest BCUT2D eigenvalue weighted by Crippen LogP contribution is 2.18. The van der Waals surface area contributed by atoms with Crippen LogP contribution in [0.5, 0.6) is 0 Å². The van der Waals surface area contributed by atoms with Gasteiger partial charge in [-0.3, -0.25) is 0 Å². The second kappa shape index (κ2) is 5.78. The van der Waals surface area contributed by atoms with Crippen LogP contribution < -0.4 is 5.32 Å². The van der Waals surface area contributed by atoms with E-state index in [1.54, 1.807) is 6.20 Å².